The first-order chi connectivity index (χ1) is 9.89. The van der Waals surface area contributed by atoms with Gasteiger partial charge in [0.25, 0.3) is 5.24 Å². The maximum atomic E-state index is 12.0. The van der Waals surface area contributed by atoms with Crippen LogP contribution in [-0.4, -0.2) is 58.7 Å². The Morgan fingerprint density at radius 2 is 1.43 bits per heavy atom. The van der Waals surface area contributed by atoms with Gasteiger partial charge >= 0.3 is 6.09 Å². The number of hydrogen-bond donors (Lipinski definition) is 0. The third-order valence-corrected chi connectivity index (χ3v) is 4.37. The van der Waals surface area contributed by atoms with Crippen molar-refractivity contribution in [3.05, 3.63) is 0 Å². The van der Waals surface area contributed by atoms with Crippen molar-refractivity contribution >= 4 is 23.1 Å². The molecule has 0 aliphatic carbocycles. The van der Waals surface area contributed by atoms with E-state index in [1.165, 1.54) is 11.8 Å². The predicted octanol–water partition coefficient (Wildman–Crippen LogP) is 3.83. The van der Waals surface area contributed by atoms with Crippen molar-refractivity contribution in [1.29, 1.82) is 0 Å². The highest BCUT2D eigenvalue weighted by Gasteiger charge is 2.20. The van der Waals surface area contributed by atoms with E-state index < -0.39 is 0 Å². The molecule has 0 spiro atoms. The Balaban J connectivity index is 4.23. The standard InChI is InChI=1S/C15H30N2O3S/c1-7-16(8-2)14(18)20-12(5)11-13(6)21-15(19)17(9-3)10-4/h12-13H,7-11H2,1-6H3. The van der Waals surface area contributed by atoms with E-state index in [0.717, 1.165) is 13.1 Å². The van der Waals surface area contributed by atoms with Crippen molar-refractivity contribution in [2.45, 2.75) is 59.3 Å². The zero-order chi connectivity index (χ0) is 16.4. The van der Waals surface area contributed by atoms with Crippen molar-refractivity contribution in [2.75, 3.05) is 26.2 Å². The molecule has 2 atom stereocenters. The van der Waals surface area contributed by atoms with Gasteiger partial charge < -0.3 is 14.5 Å². The summed E-state index contributed by atoms with van der Waals surface area (Å²) >= 11 is 1.31. The first kappa shape index (κ1) is 20.1. The van der Waals surface area contributed by atoms with Crippen LogP contribution in [0.1, 0.15) is 48.0 Å². The van der Waals surface area contributed by atoms with Gasteiger partial charge in [0.15, 0.2) is 0 Å². The maximum absolute atomic E-state index is 12.0. The third-order valence-electron chi connectivity index (χ3n) is 3.31. The second kappa shape index (κ2) is 10.8. The van der Waals surface area contributed by atoms with E-state index in [9.17, 15) is 9.59 Å². The van der Waals surface area contributed by atoms with Gasteiger partial charge in [0.05, 0.1) is 0 Å². The Hall–Kier alpha value is -0.910. The molecule has 2 unspecified atom stereocenters. The van der Waals surface area contributed by atoms with Crippen LogP contribution in [0.5, 0.6) is 0 Å². The molecule has 0 aliphatic heterocycles. The summed E-state index contributed by atoms with van der Waals surface area (Å²) in [7, 11) is 0. The van der Waals surface area contributed by atoms with Crippen molar-refractivity contribution in [2.24, 2.45) is 0 Å². The normalized spacial score (nSPS) is 13.4. The van der Waals surface area contributed by atoms with Crippen LogP contribution < -0.4 is 0 Å². The van der Waals surface area contributed by atoms with Crippen LogP contribution in [0.2, 0.25) is 0 Å². The molecular weight excluding hydrogens is 288 g/mol. The average Bonchev–Trinajstić information content (AvgIpc) is 2.40. The molecule has 0 heterocycles. The van der Waals surface area contributed by atoms with E-state index in [0.29, 0.717) is 19.5 Å². The summed E-state index contributed by atoms with van der Waals surface area (Å²) in [4.78, 5) is 27.3. The molecule has 0 aromatic carbocycles. The molecule has 2 amide bonds. The van der Waals surface area contributed by atoms with E-state index in [2.05, 4.69) is 0 Å². The molecule has 0 saturated heterocycles. The first-order valence-electron chi connectivity index (χ1n) is 7.80. The summed E-state index contributed by atoms with van der Waals surface area (Å²) in [5.41, 5.74) is 0. The predicted molar refractivity (Wildman–Crippen MR) is 88.9 cm³/mol. The highest BCUT2D eigenvalue weighted by atomic mass is 32.2. The summed E-state index contributed by atoms with van der Waals surface area (Å²) in [5.74, 6) is 0. The Morgan fingerprint density at radius 3 is 1.86 bits per heavy atom. The summed E-state index contributed by atoms with van der Waals surface area (Å²) in [5, 5.41) is 0.215. The summed E-state index contributed by atoms with van der Waals surface area (Å²) < 4.78 is 5.41. The van der Waals surface area contributed by atoms with Gasteiger partial charge in [-0.25, -0.2) is 4.79 Å². The monoisotopic (exact) mass is 318 g/mol. The molecule has 5 nitrogen and oxygen atoms in total. The van der Waals surface area contributed by atoms with Crippen LogP contribution in [-0.2, 0) is 4.74 Å². The summed E-state index contributed by atoms with van der Waals surface area (Å²) in [6.45, 7) is 14.4. The SMILES string of the molecule is CCN(CC)C(=O)OC(C)CC(C)SC(=O)N(CC)CC. The van der Waals surface area contributed by atoms with Crippen molar-refractivity contribution < 1.29 is 14.3 Å². The molecule has 0 aliphatic rings. The van der Waals surface area contributed by atoms with Gasteiger partial charge in [-0.3, -0.25) is 4.79 Å². The van der Waals surface area contributed by atoms with E-state index in [4.69, 9.17) is 4.74 Å². The fourth-order valence-electron chi connectivity index (χ4n) is 2.02. The summed E-state index contributed by atoms with van der Waals surface area (Å²) in [6, 6.07) is 0. The van der Waals surface area contributed by atoms with Crippen LogP contribution in [0.3, 0.4) is 0 Å². The van der Waals surface area contributed by atoms with Crippen LogP contribution in [0, 0.1) is 0 Å². The lowest BCUT2D eigenvalue weighted by Gasteiger charge is -2.24. The fraction of sp³-hybridized carbons (Fsp3) is 0.867. The van der Waals surface area contributed by atoms with Gasteiger partial charge in [0.1, 0.15) is 6.10 Å². The zero-order valence-corrected chi connectivity index (χ0v) is 15.0. The van der Waals surface area contributed by atoms with E-state index in [-0.39, 0.29) is 22.7 Å². The van der Waals surface area contributed by atoms with Crippen LogP contribution in [0.4, 0.5) is 9.59 Å². The second-order valence-corrected chi connectivity index (χ2v) is 6.36. The molecule has 0 rings (SSSR count). The lowest BCUT2D eigenvalue weighted by Crippen LogP contribution is -2.34. The molecule has 0 saturated carbocycles. The highest BCUT2D eigenvalue weighted by Crippen LogP contribution is 2.21. The number of thioether (sulfide) groups is 1. The molecular formula is C15H30N2O3S. The Kier molecular flexibility index (Phi) is 10.3. The van der Waals surface area contributed by atoms with E-state index >= 15 is 0 Å². The molecule has 0 fully saturated rings. The molecule has 0 aromatic heterocycles. The zero-order valence-electron chi connectivity index (χ0n) is 14.2. The van der Waals surface area contributed by atoms with Crippen LogP contribution >= 0.6 is 11.8 Å². The Morgan fingerprint density at radius 1 is 0.952 bits per heavy atom. The van der Waals surface area contributed by atoms with Crippen LogP contribution in [0.25, 0.3) is 0 Å². The minimum Gasteiger partial charge on any atom is -0.446 e. The first-order valence-corrected chi connectivity index (χ1v) is 8.68. The molecule has 0 N–H and O–H groups in total. The molecule has 124 valence electrons. The van der Waals surface area contributed by atoms with E-state index in [1.807, 2.05) is 41.5 Å². The van der Waals surface area contributed by atoms with Crippen LogP contribution in [0.15, 0.2) is 0 Å². The molecule has 0 radical (unpaired) electrons. The highest BCUT2D eigenvalue weighted by molar-refractivity contribution is 8.14. The number of amides is 2. The van der Waals surface area contributed by atoms with E-state index in [1.54, 1.807) is 9.80 Å². The lowest BCUT2D eigenvalue weighted by atomic mass is 10.2. The fourth-order valence-corrected chi connectivity index (χ4v) is 3.14. The van der Waals surface area contributed by atoms with Crippen molar-refractivity contribution in [1.82, 2.24) is 9.80 Å². The molecule has 6 heteroatoms. The minimum atomic E-state index is -0.278. The van der Waals surface area contributed by atoms with Gasteiger partial charge in [-0.15, -0.1) is 0 Å². The maximum Gasteiger partial charge on any atom is 0.410 e. The molecule has 0 aromatic rings. The van der Waals surface area contributed by atoms with Gasteiger partial charge in [-0.1, -0.05) is 18.7 Å². The van der Waals surface area contributed by atoms with Crippen molar-refractivity contribution in [3.63, 3.8) is 0 Å². The number of rotatable bonds is 8. The Bertz CT molecular complexity index is 288. The number of hydrogen-bond acceptors (Lipinski definition) is 4. The number of carbonyl (C=O) groups excluding carboxylic acids is 2. The van der Waals surface area contributed by atoms with Crippen molar-refractivity contribution in [3.8, 4) is 0 Å². The molecule has 0 bridgehead atoms. The number of carbonyl (C=O) groups is 2. The number of nitrogens with zero attached hydrogens (tertiary/aromatic N) is 2. The smallest absolute Gasteiger partial charge is 0.410 e. The average molecular weight is 318 g/mol. The number of ether oxygens (including phenoxy) is 1. The van der Waals surface area contributed by atoms with Gasteiger partial charge in [-0.05, 0) is 41.0 Å². The summed E-state index contributed by atoms with van der Waals surface area (Å²) in [6.07, 6.45) is 0.204. The van der Waals surface area contributed by atoms with Gasteiger partial charge in [0.2, 0.25) is 0 Å². The quantitative estimate of drug-likeness (QED) is 0.682. The second-order valence-electron chi connectivity index (χ2n) is 4.97. The van der Waals surface area contributed by atoms with Gasteiger partial charge in [0, 0.05) is 31.4 Å². The lowest BCUT2D eigenvalue weighted by molar-refractivity contribution is 0.0696. The van der Waals surface area contributed by atoms with Gasteiger partial charge in [-0.2, -0.15) is 0 Å². The topological polar surface area (TPSA) is 49.9 Å². The Labute approximate surface area is 133 Å². The largest absolute Gasteiger partial charge is 0.446 e. The third kappa shape index (κ3) is 7.60. The minimum absolute atomic E-state index is 0.0924. The molecule has 21 heavy (non-hydrogen) atoms.